The molecule has 0 saturated heterocycles. The molecule has 1 atom stereocenters. The first-order valence-electron chi connectivity index (χ1n) is 22.2. The van der Waals surface area contributed by atoms with Gasteiger partial charge in [0.2, 0.25) is 29.1 Å². The summed E-state index contributed by atoms with van der Waals surface area (Å²) in [5.41, 5.74) is -2.59. The summed E-state index contributed by atoms with van der Waals surface area (Å²) in [4.78, 5) is 19.7. The van der Waals surface area contributed by atoms with Crippen LogP contribution in [0.2, 0.25) is 5.28 Å². The van der Waals surface area contributed by atoms with Crippen LogP contribution in [0, 0.1) is 6.08 Å². The van der Waals surface area contributed by atoms with Crippen LogP contribution in [-0.4, -0.2) is 120 Å². The van der Waals surface area contributed by atoms with Crippen molar-refractivity contribution in [3.8, 4) is 17.2 Å². The molecule has 0 aliphatic rings. The lowest BCUT2D eigenvalue weighted by Crippen LogP contribution is -2.27. The van der Waals surface area contributed by atoms with Crippen molar-refractivity contribution in [1.82, 2.24) is 29.9 Å². The summed E-state index contributed by atoms with van der Waals surface area (Å²) in [6.07, 6.45) is -1.29. The van der Waals surface area contributed by atoms with Gasteiger partial charge in [-0.3, -0.25) is 18.2 Å². The Hall–Kier alpha value is -8.79. The molecule has 0 radical (unpaired) electrons. The van der Waals surface area contributed by atoms with Gasteiger partial charge in [0, 0.05) is 40.5 Å². The molecule has 31 nitrogen and oxygen atoms in total. The van der Waals surface area contributed by atoms with E-state index in [0.717, 1.165) is 42.5 Å². The number of phenolic OH excluding ortho intramolecular Hbond substituents is 2. The van der Waals surface area contributed by atoms with Crippen LogP contribution in [0.15, 0.2) is 142 Å². The van der Waals surface area contributed by atoms with Gasteiger partial charge in [0.1, 0.15) is 37.5 Å². The summed E-state index contributed by atoms with van der Waals surface area (Å²) >= 11 is 6.24. The molecule has 82 heavy (non-hydrogen) atoms. The molecule has 0 bridgehead atoms. The van der Waals surface area contributed by atoms with E-state index in [9.17, 15) is 74.9 Å². The van der Waals surface area contributed by atoms with Crippen LogP contribution in [0.3, 0.4) is 0 Å². The molecule has 8 rings (SSSR count). The largest absolute Gasteiger partial charge is 0.505 e. The number of halogens is 2. The average molecular weight is 1250 g/mol. The van der Waals surface area contributed by atoms with Crippen LogP contribution < -0.4 is 26.0 Å². The molecule has 0 saturated carbocycles. The summed E-state index contributed by atoms with van der Waals surface area (Å²) in [7, 11) is -23.1. The Morgan fingerprint density at radius 3 is 1.87 bits per heavy atom. The Labute approximate surface area is 466 Å². The molecule has 1 unspecified atom stereocenters. The van der Waals surface area contributed by atoms with Gasteiger partial charge in [-0.1, -0.05) is 6.58 Å². The first kappa shape index (κ1) is 59.3. The number of rotatable bonds is 20. The number of hydrogen-bond donors (Lipinski definition) is 10. The third-order valence-corrected chi connectivity index (χ3v) is 16.0. The zero-order valence-electron chi connectivity index (χ0n) is 41.1. The number of aromatic nitrogens is 6. The highest BCUT2D eigenvalue weighted by Gasteiger charge is 2.28. The first-order valence-corrected chi connectivity index (χ1v) is 29.9. The van der Waals surface area contributed by atoms with Crippen molar-refractivity contribution in [2.75, 3.05) is 34.9 Å². The molecule has 0 aliphatic heterocycles. The first-order chi connectivity index (χ1) is 38.3. The molecule has 428 valence electrons. The number of nitrogens with one attached hydrogen (secondary N) is 4. The van der Waals surface area contributed by atoms with Crippen LogP contribution >= 0.6 is 11.6 Å². The van der Waals surface area contributed by atoms with Crippen molar-refractivity contribution in [3.63, 3.8) is 0 Å². The molecule has 0 spiro atoms. The highest BCUT2D eigenvalue weighted by molar-refractivity contribution is 7.94. The van der Waals surface area contributed by atoms with E-state index in [0.29, 0.717) is 11.5 Å². The molecule has 6 aromatic carbocycles. The van der Waals surface area contributed by atoms with Crippen LogP contribution in [0.25, 0.3) is 21.5 Å². The molecular formula is C44H36ClFN14O17S5. The lowest BCUT2D eigenvalue weighted by Gasteiger charge is -2.17. The van der Waals surface area contributed by atoms with Crippen molar-refractivity contribution in [2.45, 2.75) is 37.4 Å². The van der Waals surface area contributed by atoms with Crippen molar-refractivity contribution in [1.29, 1.82) is 0 Å². The number of aromatic hydroxyl groups is 2. The Bertz CT molecular complexity index is 4610. The SMILES string of the molecule is C=CS(=O)(=O)c1ccc(N=Nc2c(S(=O)(=O)O)cc3cc(S(=O)(=O)O)cc(Nc4nc(Cl)nc(NC(C)CNc5nc(F)nc(Nc6ccc7c(O)c(N=Nc8ccc(OC)cc8S(=O)(=O)O)c(S(=O)(=O)O)cc7c6)n5)n4)c3c2O)cc1. The Morgan fingerprint density at radius 1 is 0.634 bits per heavy atom. The zero-order valence-corrected chi connectivity index (χ0v) is 45.9. The van der Waals surface area contributed by atoms with E-state index in [1.54, 1.807) is 6.92 Å². The maximum atomic E-state index is 14.9. The fraction of sp³-hybridized carbons (Fsp3) is 0.0909. The summed E-state index contributed by atoms with van der Waals surface area (Å²) in [5, 5.41) is 48.1. The quantitative estimate of drug-likeness (QED) is 0.0258. The number of fused-ring (bicyclic) bond motifs is 2. The number of hydrogen-bond acceptors (Lipinski definition) is 27. The van der Waals surface area contributed by atoms with Gasteiger partial charge in [-0.2, -0.15) is 73.1 Å². The minimum absolute atomic E-state index is 0.00401. The Kier molecular flexibility index (Phi) is 16.4. The number of sulfone groups is 1. The molecule has 10 N–H and O–H groups in total. The number of benzene rings is 6. The summed E-state index contributed by atoms with van der Waals surface area (Å²) in [5.74, 6) is -3.30. The van der Waals surface area contributed by atoms with Crippen LogP contribution in [0.1, 0.15) is 6.92 Å². The van der Waals surface area contributed by atoms with Crippen LogP contribution in [-0.2, 0) is 50.3 Å². The van der Waals surface area contributed by atoms with Gasteiger partial charge in [-0.25, -0.2) is 8.42 Å². The van der Waals surface area contributed by atoms with Gasteiger partial charge < -0.3 is 36.2 Å². The van der Waals surface area contributed by atoms with E-state index < -0.39 is 144 Å². The lowest BCUT2D eigenvalue weighted by molar-refractivity contribution is 0.412. The highest BCUT2D eigenvalue weighted by atomic mass is 35.5. The predicted octanol–water partition coefficient (Wildman–Crippen LogP) is 7.71. The topological polar surface area (TPSA) is 476 Å². The van der Waals surface area contributed by atoms with Crippen molar-refractivity contribution >= 4 is 141 Å². The van der Waals surface area contributed by atoms with Gasteiger partial charge >= 0.3 is 6.08 Å². The van der Waals surface area contributed by atoms with Crippen LogP contribution in [0.4, 0.5) is 62.3 Å². The third kappa shape index (κ3) is 13.5. The van der Waals surface area contributed by atoms with E-state index in [4.69, 9.17) is 16.3 Å². The van der Waals surface area contributed by atoms with E-state index in [-0.39, 0.29) is 51.2 Å². The van der Waals surface area contributed by atoms with Gasteiger partial charge in [0.25, 0.3) is 40.5 Å². The van der Waals surface area contributed by atoms with Crippen molar-refractivity contribution in [2.24, 2.45) is 20.5 Å². The molecule has 0 fully saturated rings. The van der Waals surface area contributed by atoms with E-state index in [1.807, 2.05) is 0 Å². The van der Waals surface area contributed by atoms with Crippen LogP contribution in [0.5, 0.6) is 17.2 Å². The average Bonchev–Trinajstić information content (AvgIpc) is 1.95. The normalized spacial score (nSPS) is 12.9. The molecule has 2 heterocycles. The standard InChI is InChI=1S/C44H36ClFN14O17S5/c1-4-78(63,64)26-9-5-23(6-10-26)57-59-36-33(82(74,75)76)16-22-14-27(79(65,66)67)18-30(34(22)38(36)62)50-44-52-39(45)51-42(56-44)48-20(2)19-47-41-53-40(46)54-43(55-41)49-24-7-11-28-21(13-24)15-32(81(71,72)73)35(37(28)61)60-58-29-12-8-25(77-3)17-31(29)80(68,69)70/h4-18,20,61-62H,1,19H2,2-3H3,(H,65,66,67)(H,68,69,70)(H,71,72,73)(H,74,75,76)(H2,47,49,53,54,55)(H2,48,50,51,52,56). The van der Waals surface area contributed by atoms with Crippen molar-refractivity contribution < 1.29 is 79.6 Å². The summed E-state index contributed by atoms with van der Waals surface area (Å²) < 4.78 is 183. The minimum Gasteiger partial charge on any atom is -0.505 e. The molecule has 2 aromatic heterocycles. The second-order valence-corrected chi connectivity index (χ2v) is 24.5. The maximum absolute atomic E-state index is 14.9. The monoisotopic (exact) mass is 1250 g/mol. The van der Waals surface area contributed by atoms with Gasteiger partial charge in [0.15, 0.2) is 21.3 Å². The number of phenols is 2. The maximum Gasteiger partial charge on any atom is 0.315 e. The summed E-state index contributed by atoms with van der Waals surface area (Å²) in [6.45, 7) is 4.69. The van der Waals surface area contributed by atoms with Gasteiger partial charge in [-0.05, 0) is 108 Å². The highest BCUT2D eigenvalue weighted by Crippen LogP contribution is 2.46. The minimum atomic E-state index is -5.27. The molecule has 0 amide bonds. The third-order valence-electron chi connectivity index (χ3n) is 11.0. The smallest absolute Gasteiger partial charge is 0.315 e. The molecule has 0 aliphatic carbocycles. The zero-order chi connectivity index (χ0) is 59.9. The number of ether oxygens (including phenoxy) is 1. The number of methoxy groups -OCH3 is 1. The Balaban J connectivity index is 1.02. The fourth-order valence-corrected chi connectivity index (χ4v) is 10.7. The molecule has 38 heteroatoms. The molecule has 8 aromatic rings. The summed E-state index contributed by atoms with van der Waals surface area (Å²) in [6, 6.07) is 14.2. The number of anilines is 6. The van der Waals surface area contributed by atoms with E-state index in [1.165, 1.54) is 43.5 Å². The van der Waals surface area contributed by atoms with E-state index >= 15 is 0 Å². The predicted molar refractivity (Wildman–Crippen MR) is 288 cm³/mol. The van der Waals surface area contributed by atoms with Gasteiger partial charge in [0.05, 0.1) is 28.3 Å². The lowest BCUT2D eigenvalue weighted by atomic mass is 10.1. The number of azo groups is 2. The second kappa shape index (κ2) is 22.6. The molecular weight excluding hydrogens is 1210 g/mol. The fourth-order valence-electron chi connectivity index (χ4n) is 7.37. The van der Waals surface area contributed by atoms with Crippen molar-refractivity contribution in [3.05, 3.63) is 108 Å². The second-order valence-electron chi connectivity index (χ2n) is 16.7. The van der Waals surface area contributed by atoms with Gasteiger partial charge in [-0.15, -0.1) is 15.3 Å². The van der Waals surface area contributed by atoms with E-state index in [2.05, 4.69) is 78.2 Å². The Morgan fingerprint density at radius 2 is 1.23 bits per heavy atom. The number of nitrogens with zero attached hydrogens (tertiary/aromatic N) is 10.